The Morgan fingerprint density at radius 1 is 0.425 bits per heavy atom. The van der Waals surface area contributed by atoms with Gasteiger partial charge in [-0.05, 0) is 0 Å². The third-order valence-electron chi connectivity index (χ3n) is 5.14. The summed E-state index contributed by atoms with van der Waals surface area (Å²) in [5.41, 5.74) is 0.196. The summed E-state index contributed by atoms with van der Waals surface area (Å²) in [4.78, 5) is 64.9. The molecule has 0 atom stereocenters. The molecular formula is C24H32N8O8. The summed E-state index contributed by atoms with van der Waals surface area (Å²) in [7, 11) is 0. The number of ether oxygens (including phenoxy) is 4. The van der Waals surface area contributed by atoms with E-state index in [0.717, 1.165) is 12.7 Å². The summed E-state index contributed by atoms with van der Waals surface area (Å²) in [6.45, 7) is 2.94. The first-order chi connectivity index (χ1) is 19.5. The first-order valence-corrected chi connectivity index (χ1v) is 12.6. The van der Waals surface area contributed by atoms with E-state index in [-0.39, 0.29) is 102 Å². The van der Waals surface area contributed by atoms with Crippen molar-refractivity contribution in [3.63, 3.8) is 0 Å². The monoisotopic (exact) mass is 560 g/mol. The molecule has 2 aromatic rings. The number of amides is 4. The molecule has 0 unspecified atom stereocenters. The maximum Gasteiger partial charge on any atom is 0.270 e. The van der Waals surface area contributed by atoms with E-state index in [1.165, 1.54) is 12.1 Å². The molecule has 0 aromatic carbocycles. The molecule has 0 aliphatic carbocycles. The second-order valence-corrected chi connectivity index (χ2v) is 8.05. The number of rotatable bonds is 0. The van der Waals surface area contributed by atoms with Gasteiger partial charge in [-0.25, -0.2) is 19.9 Å². The van der Waals surface area contributed by atoms with Gasteiger partial charge in [0.25, 0.3) is 23.6 Å². The molecule has 0 spiro atoms. The fourth-order valence-electron chi connectivity index (χ4n) is 3.16. The lowest BCUT2D eigenvalue weighted by molar-refractivity contribution is 0.0484. The van der Waals surface area contributed by atoms with E-state index < -0.39 is 23.6 Å². The van der Waals surface area contributed by atoms with Gasteiger partial charge in [0.15, 0.2) is 0 Å². The normalized spacial score (nSPS) is 18.4. The average molecular weight is 561 g/mol. The number of fused-ring (bicyclic) bond motifs is 4. The minimum atomic E-state index is -0.467. The van der Waals surface area contributed by atoms with Crippen LogP contribution in [0.2, 0.25) is 0 Å². The zero-order valence-corrected chi connectivity index (χ0v) is 21.8. The molecule has 1 aliphatic heterocycles. The van der Waals surface area contributed by atoms with E-state index in [1.807, 2.05) is 0 Å². The molecule has 0 saturated heterocycles. The number of carbonyl (C=O) groups is 4. The van der Waals surface area contributed by atoms with Crippen molar-refractivity contribution < 1.29 is 38.1 Å². The summed E-state index contributed by atoms with van der Waals surface area (Å²) in [5, 5.41) is 10.6. The molecule has 2 aromatic heterocycles. The van der Waals surface area contributed by atoms with Gasteiger partial charge in [0.1, 0.15) is 35.4 Å². The first-order valence-electron chi connectivity index (χ1n) is 12.6. The summed E-state index contributed by atoms with van der Waals surface area (Å²) >= 11 is 0. The Bertz CT molecular complexity index is 970. The highest BCUT2D eigenvalue weighted by atomic mass is 16.5. The molecule has 216 valence electrons. The number of carbonyl (C=O) groups excluding carboxylic acids is 4. The molecule has 4 amide bonds. The number of hydrogen-bond acceptors (Lipinski definition) is 12. The van der Waals surface area contributed by atoms with Crippen molar-refractivity contribution in [3.8, 4) is 0 Å². The highest BCUT2D eigenvalue weighted by Crippen LogP contribution is 2.00. The largest absolute Gasteiger partial charge is 0.377 e. The van der Waals surface area contributed by atoms with Gasteiger partial charge in [-0.15, -0.1) is 0 Å². The molecule has 4 bridgehead atoms. The Labute approximate surface area is 230 Å². The van der Waals surface area contributed by atoms with E-state index in [1.54, 1.807) is 0 Å². The lowest BCUT2D eigenvalue weighted by Gasteiger charge is -2.09. The maximum absolute atomic E-state index is 12.3. The van der Waals surface area contributed by atoms with Crippen LogP contribution in [0.5, 0.6) is 0 Å². The Hall–Kier alpha value is -4.12. The van der Waals surface area contributed by atoms with Crippen LogP contribution in [-0.2, 0) is 18.9 Å². The van der Waals surface area contributed by atoms with E-state index in [0.29, 0.717) is 0 Å². The number of nitrogens with zero attached hydrogens (tertiary/aromatic N) is 4. The Morgan fingerprint density at radius 3 is 0.925 bits per heavy atom. The summed E-state index contributed by atoms with van der Waals surface area (Å²) in [5.74, 6) is -1.87. The second-order valence-electron chi connectivity index (χ2n) is 8.05. The Balaban J connectivity index is 1.49. The van der Waals surface area contributed by atoms with Crippen LogP contribution >= 0.6 is 0 Å². The lowest BCUT2D eigenvalue weighted by atomic mass is 10.3. The van der Waals surface area contributed by atoms with Crippen LogP contribution in [-0.4, -0.2) is 123 Å². The number of nitrogens with one attached hydrogen (secondary N) is 4. The molecule has 4 N–H and O–H groups in total. The van der Waals surface area contributed by atoms with Crippen molar-refractivity contribution in [3.05, 3.63) is 47.6 Å². The predicted molar refractivity (Wildman–Crippen MR) is 137 cm³/mol. The molecule has 16 nitrogen and oxygen atoms in total. The molecule has 1 aliphatic rings. The molecule has 0 fully saturated rings. The minimum absolute atomic E-state index is 0.0490. The molecule has 3 rings (SSSR count). The van der Waals surface area contributed by atoms with Crippen molar-refractivity contribution in [2.75, 3.05) is 79.0 Å². The van der Waals surface area contributed by atoms with Gasteiger partial charge in [-0.2, -0.15) is 0 Å². The molecule has 3 heterocycles. The molecular weight excluding hydrogens is 528 g/mol. The highest BCUT2D eigenvalue weighted by Gasteiger charge is 2.14. The molecule has 0 saturated carbocycles. The second kappa shape index (κ2) is 17.5. The Morgan fingerprint density at radius 2 is 0.675 bits per heavy atom. The van der Waals surface area contributed by atoms with Gasteiger partial charge in [-0.3, -0.25) is 19.2 Å². The topological polar surface area (TPSA) is 205 Å². The smallest absolute Gasteiger partial charge is 0.270 e. The third kappa shape index (κ3) is 10.9. The van der Waals surface area contributed by atoms with Gasteiger partial charge >= 0.3 is 0 Å². The standard InChI is InChI=1S/C24H32N8O8/c33-21-17-13-18(30-15-29-17)22(34)26-3-7-39-11-12-40-8-4-28-24(36)20-14-19(31-16-32-20)23(35)27-2-6-38-10-9-37-5-1-25-21/h13-16H,1-12H2,(H,25,33)(H,26,34)(H,27,35)(H,28,36). The number of hydrogen-bond donors (Lipinski definition) is 4. The van der Waals surface area contributed by atoms with Crippen molar-refractivity contribution in [1.82, 2.24) is 41.2 Å². The van der Waals surface area contributed by atoms with Gasteiger partial charge in [-0.1, -0.05) is 0 Å². The van der Waals surface area contributed by atoms with Gasteiger partial charge in [0, 0.05) is 38.3 Å². The van der Waals surface area contributed by atoms with Crippen LogP contribution < -0.4 is 21.3 Å². The molecule has 0 radical (unpaired) electrons. The van der Waals surface area contributed by atoms with E-state index in [9.17, 15) is 19.2 Å². The molecule has 16 heteroatoms. The van der Waals surface area contributed by atoms with Crippen LogP contribution in [0.1, 0.15) is 42.0 Å². The van der Waals surface area contributed by atoms with Gasteiger partial charge < -0.3 is 40.2 Å². The third-order valence-corrected chi connectivity index (χ3v) is 5.14. The van der Waals surface area contributed by atoms with E-state index >= 15 is 0 Å². The fraction of sp³-hybridized carbons (Fsp3) is 0.500. The van der Waals surface area contributed by atoms with Crippen molar-refractivity contribution in [1.29, 1.82) is 0 Å². The first kappa shape index (κ1) is 30.4. The summed E-state index contributed by atoms with van der Waals surface area (Å²) in [6, 6.07) is 2.60. The number of aromatic nitrogens is 4. The van der Waals surface area contributed by atoms with Crippen LogP contribution in [0, 0.1) is 0 Å². The zero-order valence-electron chi connectivity index (χ0n) is 21.8. The van der Waals surface area contributed by atoms with Crippen LogP contribution in [0.15, 0.2) is 24.8 Å². The van der Waals surface area contributed by atoms with Crippen LogP contribution in [0.25, 0.3) is 0 Å². The van der Waals surface area contributed by atoms with Gasteiger partial charge in [0.2, 0.25) is 0 Å². The Kier molecular flexibility index (Phi) is 13.3. The fourth-order valence-corrected chi connectivity index (χ4v) is 3.16. The van der Waals surface area contributed by atoms with E-state index in [2.05, 4.69) is 41.2 Å². The van der Waals surface area contributed by atoms with Crippen molar-refractivity contribution >= 4 is 23.6 Å². The zero-order chi connectivity index (χ0) is 28.4. The van der Waals surface area contributed by atoms with Gasteiger partial charge in [0.05, 0.1) is 52.9 Å². The van der Waals surface area contributed by atoms with Crippen LogP contribution in [0.4, 0.5) is 0 Å². The maximum atomic E-state index is 12.3. The highest BCUT2D eigenvalue weighted by molar-refractivity contribution is 5.97. The molecule has 40 heavy (non-hydrogen) atoms. The average Bonchev–Trinajstić information content (AvgIpc) is 2.98. The SMILES string of the molecule is O=C1NCCOCCOCCNC(=O)c2cc(ncn2)C(=O)NCCOCCOCCNC(=O)c2cc1ncn2. The van der Waals surface area contributed by atoms with Crippen LogP contribution in [0.3, 0.4) is 0 Å². The lowest BCUT2D eigenvalue weighted by Crippen LogP contribution is -2.31. The summed E-state index contributed by atoms with van der Waals surface area (Å²) < 4.78 is 21.6. The minimum Gasteiger partial charge on any atom is -0.377 e. The predicted octanol–water partition coefficient (Wildman–Crippen LogP) is -2.03. The quantitative estimate of drug-likeness (QED) is 0.275. The van der Waals surface area contributed by atoms with E-state index in [4.69, 9.17) is 18.9 Å². The van der Waals surface area contributed by atoms with Crippen molar-refractivity contribution in [2.24, 2.45) is 0 Å². The van der Waals surface area contributed by atoms with Crippen molar-refractivity contribution in [2.45, 2.75) is 0 Å². The summed E-state index contributed by atoms with van der Waals surface area (Å²) in [6.07, 6.45) is 2.28.